The maximum absolute atomic E-state index is 5.86. The molecule has 4 N–H and O–H groups in total. The summed E-state index contributed by atoms with van der Waals surface area (Å²) in [4.78, 5) is 7.76. The first-order valence-corrected chi connectivity index (χ1v) is 6.70. The van der Waals surface area contributed by atoms with Crippen LogP contribution < -0.4 is 20.9 Å². The van der Waals surface area contributed by atoms with Gasteiger partial charge in [-0.25, -0.2) is 4.98 Å². The smallest absolute Gasteiger partial charge is 0.222 e. The minimum Gasteiger partial charge on any atom is -0.496 e. The van der Waals surface area contributed by atoms with Gasteiger partial charge in [-0.15, -0.1) is 6.42 Å². The summed E-state index contributed by atoms with van der Waals surface area (Å²) < 4.78 is 11.3. The lowest BCUT2D eigenvalue weighted by atomic mass is 9.99. The van der Waals surface area contributed by atoms with Crippen LogP contribution in [0.5, 0.6) is 17.2 Å². The number of ether oxygens (including phenoxy) is 2. The van der Waals surface area contributed by atoms with Gasteiger partial charge in [0.2, 0.25) is 5.95 Å². The fourth-order valence-electron chi connectivity index (χ4n) is 2.10. The third kappa shape index (κ3) is 3.04. The maximum atomic E-state index is 5.86. The van der Waals surface area contributed by atoms with Crippen LogP contribution in [0.2, 0.25) is 0 Å². The standard InChI is InChI=1S/C16H18N4O2/c1-5-10-6-11(21-4)14(9(2)3)12(7-10)22-13-8-19-16(18)20-15(13)17/h1,6-9H,2-4H3,(H4,17,18,19,20). The molecule has 22 heavy (non-hydrogen) atoms. The number of rotatable bonds is 4. The molecule has 0 aliphatic rings. The van der Waals surface area contributed by atoms with Gasteiger partial charge in [0.25, 0.3) is 0 Å². The van der Waals surface area contributed by atoms with Crippen molar-refractivity contribution in [3.8, 4) is 29.6 Å². The van der Waals surface area contributed by atoms with Crippen LogP contribution in [0.4, 0.5) is 11.8 Å². The fourth-order valence-corrected chi connectivity index (χ4v) is 2.10. The first-order chi connectivity index (χ1) is 10.5. The molecular weight excluding hydrogens is 280 g/mol. The van der Waals surface area contributed by atoms with Crippen molar-refractivity contribution in [2.75, 3.05) is 18.6 Å². The van der Waals surface area contributed by atoms with E-state index in [4.69, 9.17) is 27.4 Å². The Morgan fingerprint density at radius 3 is 2.41 bits per heavy atom. The number of aromatic nitrogens is 2. The molecule has 1 aromatic carbocycles. The van der Waals surface area contributed by atoms with E-state index in [1.165, 1.54) is 6.20 Å². The quantitative estimate of drug-likeness (QED) is 0.842. The van der Waals surface area contributed by atoms with Gasteiger partial charge in [-0.2, -0.15) is 4.98 Å². The molecule has 2 rings (SSSR count). The van der Waals surface area contributed by atoms with Crippen molar-refractivity contribution in [3.63, 3.8) is 0 Å². The van der Waals surface area contributed by atoms with E-state index in [1.807, 2.05) is 13.8 Å². The summed E-state index contributed by atoms with van der Waals surface area (Å²) in [7, 11) is 1.59. The number of anilines is 2. The van der Waals surface area contributed by atoms with Crippen molar-refractivity contribution in [1.29, 1.82) is 0 Å². The Hall–Kier alpha value is -2.94. The zero-order valence-corrected chi connectivity index (χ0v) is 12.8. The van der Waals surface area contributed by atoms with Crippen molar-refractivity contribution in [2.45, 2.75) is 19.8 Å². The van der Waals surface area contributed by atoms with Crippen LogP contribution in [-0.2, 0) is 0 Å². The van der Waals surface area contributed by atoms with Crippen molar-refractivity contribution in [3.05, 3.63) is 29.5 Å². The van der Waals surface area contributed by atoms with Gasteiger partial charge in [0.05, 0.1) is 13.3 Å². The second kappa shape index (κ2) is 6.22. The number of nitrogens with zero attached hydrogens (tertiary/aromatic N) is 2. The minimum atomic E-state index is 0.0869. The summed E-state index contributed by atoms with van der Waals surface area (Å²) in [6.07, 6.45) is 6.91. The minimum absolute atomic E-state index is 0.0869. The van der Waals surface area contributed by atoms with Crippen molar-refractivity contribution >= 4 is 11.8 Å². The highest BCUT2D eigenvalue weighted by Gasteiger charge is 2.18. The molecule has 114 valence electrons. The van der Waals surface area contributed by atoms with Gasteiger partial charge >= 0.3 is 0 Å². The molecule has 1 heterocycles. The van der Waals surface area contributed by atoms with E-state index in [2.05, 4.69) is 15.9 Å². The van der Waals surface area contributed by atoms with Crippen LogP contribution in [0.1, 0.15) is 30.9 Å². The van der Waals surface area contributed by atoms with Gasteiger partial charge in [-0.05, 0) is 18.1 Å². The Bertz CT molecular complexity index is 736. The molecule has 0 atom stereocenters. The summed E-state index contributed by atoms with van der Waals surface area (Å²) in [5, 5.41) is 0. The molecule has 0 radical (unpaired) electrons. The molecule has 0 bridgehead atoms. The van der Waals surface area contributed by atoms with Gasteiger partial charge in [0, 0.05) is 11.1 Å². The van der Waals surface area contributed by atoms with Crippen LogP contribution in [0, 0.1) is 12.3 Å². The number of hydrogen-bond donors (Lipinski definition) is 2. The van der Waals surface area contributed by atoms with Crippen LogP contribution in [-0.4, -0.2) is 17.1 Å². The van der Waals surface area contributed by atoms with Crippen molar-refractivity contribution in [1.82, 2.24) is 9.97 Å². The molecule has 0 fully saturated rings. The summed E-state index contributed by atoms with van der Waals surface area (Å²) in [5.41, 5.74) is 12.8. The van der Waals surface area contributed by atoms with Gasteiger partial charge in [0.15, 0.2) is 11.6 Å². The molecule has 6 nitrogen and oxygen atoms in total. The first kappa shape index (κ1) is 15.4. The largest absolute Gasteiger partial charge is 0.496 e. The highest BCUT2D eigenvalue weighted by atomic mass is 16.5. The maximum Gasteiger partial charge on any atom is 0.222 e. The Morgan fingerprint density at radius 1 is 1.18 bits per heavy atom. The van der Waals surface area contributed by atoms with Gasteiger partial charge in [-0.1, -0.05) is 19.8 Å². The van der Waals surface area contributed by atoms with E-state index in [0.717, 1.165) is 5.56 Å². The van der Waals surface area contributed by atoms with Gasteiger partial charge in [0.1, 0.15) is 11.5 Å². The topological polar surface area (TPSA) is 96.3 Å². The molecule has 1 aromatic heterocycles. The monoisotopic (exact) mass is 298 g/mol. The van der Waals surface area contributed by atoms with Crippen molar-refractivity contribution in [2.24, 2.45) is 0 Å². The van der Waals surface area contributed by atoms with Gasteiger partial charge < -0.3 is 20.9 Å². The molecule has 0 aliphatic carbocycles. The third-order valence-electron chi connectivity index (χ3n) is 3.09. The van der Waals surface area contributed by atoms with E-state index >= 15 is 0 Å². The van der Waals surface area contributed by atoms with E-state index in [9.17, 15) is 0 Å². The fraction of sp³-hybridized carbons (Fsp3) is 0.250. The molecule has 0 amide bonds. The zero-order chi connectivity index (χ0) is 16.3. The predicted octanol–water partition coefficient (Wildman–Crippen LogP) is 2.55. The highest BCUT2D eigenvalue weighted by Crippen LogP contribution is 2.39. The zero-order valence-electron chi connectivity index (χ0n) is 12.8. The molecule has 0 spiro atoms. The molecule has 2 aromatic rings. The molecule has 6 heteroatoms. The summed E-state index contributed by atoms with van der Waals surface area (Å²) in [6, 6.07) is 3.55. The lowest BCUT2D eigenvalue weighted by Crippen LogP contribution is -2.04. The Balaban J connectivity index is 2.55. The summed E-state index contributed by atoms with van der Waals surface area (Å²) >= 11 is 0. The Morgan fingerprint density at radius 2 is 1.86 bits per heavy atom. The van der Waals surface area contributed by atoms with E-state index in [-0.39, 0.29) is 17.7 Å². The number of nitrogens with two attached hydrogens (primary N) is 2. The van der Waals surface area contributed by atoms with Crippen LogP contribution in [0.15, 0.2) is 18.3 Å². The van der Waals surface area contributed by atoms with Crippen LogP contribution in [0.25, 0.3) is 0 Å². The number of hydrogen-bond acceptors (Lipinski definition) is 6. The van der Waals surface area contributed by atoms with E-state index < -0.39 is 0 Å². The molecule has 0 saturated heterocycles. The molecular formula is C16H18N4O2. The lowest BCUT2D eigenvalue weighted by Gasteiger charge is -2.18. The Labute approximate surface area is 129 Å². The van der Waals surface area contributed by atoms with E-state index in [1.54, 1.807) is 19.2 Å². The number of terminal acetylenes is 1. The van der Waals surface area contributed by atoms with E-state index in [0.29, 0.717) is 22.8 Å². The number of nitrogen functional groups attached to an aromatic ring is 2. The number of methoxy groups -OCH3 is 1. The first-order valence-electron chi connectivity index (χ1n) is 6.70. The average molecular weight is 298 g/mol. The second-order valence-electron chi connectivity index (χ2n) is 4.97. The predicted molar refractivity (Wildman–Crippen MR) is 85.9 cm³/mol. The van der Waals surface area contributed by atoms with Gasteiger partial charge in [-0.3, -0.25) is 0 Å². The van der Waals surface area contributed by atoms with Crippen LogP contribution in [0.3, 0.4) is 0 Å². The normalized spacial score (nSPS) is 10.3. The summed E-state index contributed by atoms with van der Waals surface area (Å²) in [6.45, 7) is 4.06. The molecule has 0 saturated carbocycles. The SMILES string of the molecule is C#Cc1cc(OC)c(C(C)C)c(Oc2cnc(N)nc2N)c1. The van der Waals surface area contributed by atoms with Crippen LogP contribution >= 0.6 is 0 Å². The second-order valence-corrected chi connectivity index (χ2v) is 4.97. The highest BCUT2D eigenvalue weighted by molar-refractivity contribution is 5.57. The number of benzene rings is 1. The average Bonchev–Trinajstić information content (AvgIpc) is 2.48. The molecule has 0 aliphatic heterocycles. The summed E-state index contributed by atoms with van der Waals surface area (Å²) in [5.74, 6) is 4.51. The third-order valence-corrected chi connectivity index (χ3v) is 3.09. The Kier molecular flexibility index (Phi) is 4.37. The molecule has 0 unspecified atom stereocenters. The van der Waals surface area contributed by atoms with Crippen molar-refractivity contribution < 1.29 is 9.47 Å². The lowest BCUT2D eigenvalue weighted by molar-refractivity contribution is 0.398.